The van der Waals surface area contributed by atoms with Crippen LogP contribution in [0.3, 0.4) is 0 Å². The van der Waals surface area contributed by atoms with Crippen LogP contribution in [0.2, 0.25) is 0 Å². The molecule has 5 rings (SSSR count). The van der Waals surface area contributed by atoms with Crippen LogP contribution < -0.4 is 15.4 Å². The van der Waals surface area contributed by atoms with Crippen molar-refractivity contribution in [1.82, 2.24) is 20.6 Å². The van der Waals surface area contributed by atoms with Gasteiger partial charge < -0.3 is 20.5 Å². The predicted molar refractivity (Wildman–Crippen MR) is 147 cm³/mol. The number of nitrogens with zero attached hydrogens (tertiary/aromatic N) is 4. The van der Waals surface area contributed by atoms with Crippen LogP contribution in [-0.2, 0) is 0 Å². The summed E-state index contributed by atoms with van der Waals surface area (Å²) in [5.74, 6) is 2.49. The number of ether oxygens (including phenoxy) is 1. The number of carbonyl (C=O) groups is 1. The van der Waals surface area contributed by atoms with Gasteiger partial charge in [0.05, 0.1) is 11.8 Å². The Labute approximate surface area is 223 Å². The van der Waals surface area contributed by atoms with Crippen LogP contribution in [0.15, 0.2) is 70.5 Å². The van der Waals surface area contributed by atoms with Crippen molar-refractivity contribution in [3.05, 3.63) is 77.1 Å². The van der Waals surface area contributed by atoms with Crippen molar-refractivity contribution in [3.8, 4) is 5.75 Å². The summed E-state index contributed by atoms with van der Waals surface area (Å²) in [5.41, 5.74) is 2.72. The maximum atomic E-state index is 12.6. The van der Waals surface area contributed by atoms with Crippen LogP contribution in [0.4, 0.5) is 0 Å². The van der Waals surface area contributed by atoms with Gasteiger partial charge in [0.1, 0.15) is 11.6 Å². The second kappa shape index (κ2) is 10.4. The number of benzene rings is 1. The van der Waals surface area contributed by atoms with Crippen molar-refractivity contribution in [2.45, 2.75) is 58.1 Å². The number of hydrogen-bond donors (Lipinski definition) is 3. The van der Waals surface area contributed by atoms with Gasteiger partial charge in [-0.15, -0.1) is 0 Å². The Hall–Kier alpha value is -3.98. The maximum Gasteiger partial charge on any atom is 0.251 e. The van der Waals surface area contributed by atoms with Gasteiger partial charge in [0.25, 0.3) is 5.91 Å². The molecule has 1 aliphatic heterocycles. The van der Waals surface area contributed by atoms with Crippen molar-refractivity contribution in [1.29, 1.82) is 0 Å². The summed E-state index contributed by atoms with van der Waals surface area (Å²) in [6.45, 7) is 10.2. The SMILES string of the molecule is C=NN1C(NC[C@H]2C[C@](C)(O)C2)=CC(Oc2cccnc2)=N/C1=C(/C)c1ccc(C(=O)NC2CC2)c(C)c1. The Bertz CT molecular complexity index is 1320. The van der Waals surface area contributed by atoms with Crippen molar-refractivity contribution < 1.29 is 14.6 Å². The number of carbonyl (C=O) groups excluding carboxylic acids is 1. The Balaban J connectivity index is 1.45. The van der Waals surface area contributed by atoms with Crippen LogP contribution >= 0.6 is 0 Å². The molecule has 0 radical (unpaired) electrons. The van der Waals surface area contributed by atoms with Crippen molar-refractivity contribution >= 4 is 24.1 Å². The van der Waals surface area contributed by atoms with Gasteiger partial charge in [-0.2, -0.15) is 15.1 Å². The first-order valence-electron chi connectivity index (χ1n) is 13.0. The zero-order chi connectivity index (χ0) is 26.9. The summed E-state index contributed by atoms with van der Waals surface area (Å²) in [5, 5.41) is 22.6. The first kappa shape index (κ1) is 25.7. The number of aliphatic hydroxyl groups is 1. The summed E-state index contributed by atoms with van der Waals surface area (Å²) in [7, 11) is 0. The van der Waals surface area contributed by atoms with Gasteiger partial charge in [0, 0.05) is 42.7 Å². The molecule has 0 atom stereocenters. The van der Waals surface area contributed by atoms with E-state index in [0.717, 1.165) is 42.4 Å². The van der Waals surface area contributed by atoms with E-state index in [4.69, 9.17) is 9.73 Å². The summed E-state index contributed by atoms with van der Waals surface area (Å²) in [6, 6.07) is 9.69. The number of pyridine rings is 1. The Morgan fingerprint density at radius 3 is 2.74 bits per heavy atom. The fraction of sp³-hybridized carbons (Fsp3) is 0.379. The molecule has 3 aliphatic rings. The highest BCUT2D eigenvalue weighted by atomic mass is 16.5. The highest BCUT2D eigenvalue weighted by molar-refractivity contribution is 5.96. The van der Waals surface area contributed by atoms with E-state index in [2.05, 4.69) is 27.4 Å². The number of aryl methyl sites for hydroxylation is 1. The molecule has 1 amide bonds. The second-order valence-corrected chi connectivity index (χ2v) is 10.6. The first-order valence-corrected chi connectivity index (χ1v) is 13.0. The molecule has 1 aromatic carbocycles. The van der Waals surface area contributed by atoms with E-state index >= 15 is 0 Å². The lowest BCUT2D eigenvalue weighted by molar-refractivity contribution is -0.0557. The molecule has 9 heteroatoms. The van der Waals surface area contributed by atoms with Crippen LogP contribution in [-0.4, -0.2) is 51.8 Å². The van der Waals surface area contributed by atoms with Crippen LogP contribution in [0.5, 0.6) is 5.75 Å². The largest absolute Gasteiger partial charge is 0.437 e. The van der Waals surface area contributed by atoms with E-state index in [0.29, 0.717) is 47.4 Å². The van der Waals surface area contributed by atoms with Crippen LogP contribution in [0.25, 0.3) is 5.57 Å². The zero-order valence-corrected chi connectivity index (χ0v) is 22.1. The molecule has 0 bridgehead atoms. The summed E-state index contributed by atoms with van der Waals surface area (Å²) >= 11 is 0. The summed E-state index contributed by atoms with van der Waals surface area (Å²) in [6.07, 6.45) is 8.66. The quantitative estimate of drug-likeness (QED) is 0.460. The van der Waals surface area contributed by atoms with E-state index in [9.17, 15) is 9.90 Å². The Morgan fingerprint density at radius 2 is 2.11 bits per heavy atom. The first-order chi connectivity index (χ1) is 18.2. The highest BCUT2D eigenvalue weighted by Crippen LogP contribution is 2.37. The van der Waals surface area contributed by atoms with Crippen molar-refractivity contribution in [3.63, 3.8) is 0 Å². The lowest BCUT2D eigenvalue weighted by Gasteiger charge is -2.41. The molecule has 1 aromatic heterocycles. The molecule has 2 heterocycles. The van der Waals surface area contributed by atoms with Gasteiger partial charge in [-0.25, -0.2) is 0 Å². The molecule has 198 valence electrons. The molecule has 0 spiro atoms. The lowest BCUT2D eigenvalue weighted by Crippen LogP contribution is -2.46. The number of allylic oxidation sites excluding steroid dienone is 1. The van der Waals surface area contributed by atoms with Gasteiger partial charge >= 0.3 is 0 Å². The number of rotatable bonds is 8. The van der Waals surface area contributed by atoms with E-state index in [1.807, 2.05) is 45.0 Å². The van der Waals surface area contributed by atoms with Gasteiger partial charge in [0.15, 0.2) is 5.82 Å². The normalized spacial score (nSPS) is 24.0. The lowest BCUT2D eigenvalue weighted by atomic mass is 9.72. The van der Waals surface area contributed by atoms with Gasteiger partial charge in [-0.05, 0) is 81.7 Å². The average Bonchev–Trinajstić information content (AvgIpc) is 3.69. The summed E-state index contributed by atoms with van der Waals surface area (Å²) in [4.78, 5) is 21.5. The third-order valence-corrected chi connectivity index (χ3v) is 7.08. The molecule has 38 heavy (non-hydrogen) atoms. The molecule has 0 unspecified atom stereocenters. The molecule has 0 saturated heterocycles. The molecule has 9 nitrogen and oxygen atoms in total. The Morgan fingerprint density at radius 1 is 1.32 bits per heavy atom. The van der Waals surface area contributed by atoms with Gasteiger partial charge in [-0.3, -0.25) is 9.78 Å². The highest BCUT2D eigenvalue weighted by Gasteiger charge is 2.38. The topological polar surface area (TPSA) is 111 Å². The number of amides is 1. The monoisotopic (exact) mass is 514 g/mol. The van der Waals surface area contributed by atoms with Crippen LogP contribution in [0, 0.1) is 12.8 Å². The van der Waals surface area contributed by atoms with E-state index in [1.54, 1.807) is 29.5 Å². The fourth-order valence-corrected chi connectivity index (χ4v) is 4.92. The number of nitrogens with one attached hydrogen (secondary N) is 2. The molecule has 2 fully saturated rings. The maximum absolute atomic E-state index is 12.6. The minimum atomic E-state index is -0.596. The van der Waals surface area contributed by atoms with Gasteiger partial charge in [0.2, 0.25) is 5.90 Å². The van der Waals surface area contributed by atoms with Crippen LogP contribution in [0.1, 0.15) is 61.0 Å². The number of hydrogen-bond acceptors (Lipinski definition) is 8. The minimum absolute atomic E-state index is 0.0384. The Kier molecular flexibility index (Phi) is 7.03. The average molecular weight is 515 g/mol. The number of hydrazone groups is 1. The summed E-state index contributed by atoms with van der Waals surface area (Å²) < 4.78 is 6.05. The van der Waals surface area contributed by atoms with E-state index in [1.165, 1.54) is 0 Å². The molecule has 3 N–H and O–H groups in total. The fourth-order valence-electron chi connectivity index (χ4n) is 4.92. The smallest absolute Gasteiger partial charge is 0.251 e. The number of aliphatic imine (C=N–C) groups is 1. The molecule has 2 aliphatic carbocycles. The van der Waals surface area contributed by atoms with Crippen molar-refractivity contribution in [2.75, 3.05) is 6.54 Å². The van der Waals surface area contributed by atoms with E-state index < -0.39 is 5.60 Å². The predicted octanol–water partition coefficient (Wildman–Crippen LogP) is 3.97. The minimum Gasteiger partial charge on any atom is -0.437 e. The van der Waals surface area contributed by atoms with Gasteiger partial charge in [-0.1, -0.05) is 12.1 Å². The number of aromatic nitrogens is 1. The van der Waals surface area contributed by atoms with Crippen molar-refractivity contribution in [2.24, 2.45) is 16.0 Å². The third-order valence-electron chi connectivity index (χ3n) is 7.08. The molecular weight excluding hydrogens is 480 g/mol. The second-order valence-electron chi connectivity index (χ2n) is 10.6. The molecular formula is C29H34N6O3. The third kappa shape index (κ3) is 5.78. The standard InChI is InChI=1S/C29H34N6O3/c1-18-12-21(7-10-24(18)28(36)33-22-8-9-22)19(2)27-34-26(38-23-6-5-11-31-17-23)13-25(35(27)30-4)32-16-20-14-29(3,37)15-20/h5-7,10-13,17,20,22,32,37H,4,8-9,14-16H2,1-3H3,(H,33,36)/b27-19+/t20-,29-. The van der Waals surface area contributed by atoms with E-state index in [-0.39, 0.29) is 5.91 Å². The zero-order valence-electron chi connectivity index (χ0n) is 22.1. The molecule has 2 aromatic rings. The molecule has 2 saturated carbocycles.